The maximum Gasteiger partial charge on any atom is 0.346 e. The Morgan fingerprint density at radius 3 is 2.23 bits per heavy atom. The van der Waals surface area contributed by atoms with E-state index in [9.17, 15) is 20.0 Å². The summed E-state index contributed by atoms with van der Waals surface area (Å²) in [7, 11) is 1.18. The fourth-order valence-corrected chi connectivity index (χ4v) is 2.88. The molecule has 0 aliphatic carbocycles. The number of aliphatic hydroxyl groups is 1. The minimum absolute atomic E-state index is 0.0348. The molecule has 0 radical (unpaired) electrons. The molecule has 0 amide bonds. The van der Waals surface area contributed by atoms with Gasteiger partial charge in [-0.15, -0.1) is 0 Å². The number of hydrogen-bond donors (Lipinski definition) is 1. The lowest BCUT2D eigenvalue weighted by Gasteiger charge is -2.37. The number of esters is 1. The minimum atomic E-state index is -1.95. The number of carbonyl (C=O) groups is 1. The summed E-state index contributed by atoms with van der Waals surface area (Å²) in [4.78, 5) is 23.6. The van der Waals surface area contributed by atoms with Crippen LogP contribution in [0.5, 0.6) is 0 Å². The number of para-hydroxylation sites is 1. The van der Waals surface area contributed by atoms with Gasteiger partial charge in [0.05, 0.1) is 23.7 Å². The summed E-state index contributed by atoms with van der Waals surface area (Å²) in [5, 5.41) is 22.5. The van der Waals surface area contributed by atoms with Gasteiger partial charge < -0.3 is 14.6 Å². The second kappa shape index (κ2) is 8.07. The monoisotopic (exact) mass is 359 g/mol. The van der Waals surface area contributed by atoms with Crippen LogP contribution in [0, 0.1) is 10.1 Å². The van der Waals surface area contributed by atoms with E-state index in [0.29, 0.717) is 5.56 Å². The third-order valence-corrected chi connectivity index (χ3v) is 3.93. The Bertz CT molecular complexity index is 777. The van der Waals surface area contributed by atoms with Crippen LogP contribution in [0.15, 0.2) is 54.6 Å². The Labute approximate surface area is 151 Å². The van der Waals surface area contributed by atoms with Crippen molar-refractivity contribution in [3.8, 4) is 0 Å². The van der Waals surface area contributed by atoms with E-state index in [1.54, 1.807) is 50.2 Å². The third-order valence-electron chi connectivity index (χ3n) is 3.93. The largest absolute Gasteiger partial charge is 0.467 e. The highest BCUT2D eigenvalue weighted by molar-refractivity contribution is 5.83. The number of aliphatic hydroxyl groups excluding tert-OH is 1. The molecule has 0 saturated heterocycles. The SMILES string of the molecule is COC(=O)[C@](OC(C)C)(c1ccccc1)[C@H](O)c1ccccc1[N+](=O)[O-]. The van der Waals surface area contributed by atoms with Gasteiger partial charge in [0.2, 0.25) is 5.60 Å². The van der Waals surface area contributed by atoms with Gasteiger partial charge in [-0.2, -0.15) is 0 Å². The lowest BCUT2D eigenvalue weighted by atomic mass is 9.83. The van der Waals surface area contributed by atoms with Crippen LogP contribution in [-0.4, -0.2) is 29.2 Å². The normalized spacial score (nSPS) is 14.5. The predicted molar refractivity (Wildman–Crippen MR) is 94.4 cm³/mol. The molecule has 0 heterocycles. The second-order valence-corrected chi connectivity index (χ2v) is 5.98. The highest BCUT2D eigenvalue weighted by atomic mass is 16.6. The van der Waals surface area contributed by atoms with E-state index in [2.05, 4.69) is 0 Å². The fraction of sp³-hybridized carbons (Fsp3) is 0.316. The van der Waals surface area contributed by atoms with Gasteiger partial charge >= 0.3 is 5.97 Å². The topological polar surface area (TPSA) is 98.9 Å². The van der Waals surface area contributed by atoms with E-state index >= 15 is 0 Å². The van der Waals surface area contributed by atoms with Gasteiger partial charge in [0, 0.05) is 6.07 Å². The Balaban J connectivity index is 2.74. The van der Waals surface area contributed by atoms with Crippen molar-refractivity contribution in [1.29, 1.82) is 0 Å². The Hall–Kier alpha value is -2.77. The number of nitro groups is 1. The zero-order chi connectivity index (χ0) is 19.3. The van der Waals surface area contributed by atoms with E-state index in [1.807, 2.05) is 0 Å². The smallest absolute Gasteiger partial charge is 0.346 e. The van der Waals surface area contributed by atoms with Crippen LogP contribution < -0.4 is 0 Å². The number of benzene rings is 2. The van der Waals surface area contributed by atoms with Crippen LogP contribution in [0.3, 0.4) is 0 Å². The number of nitrogens with zero attached hydrogens (tertiary/aromatic N) is 1. The average Bonchev–Trinajstić information content (AvgIpc) is 2.65. The van der Waals surface area contributed by atoms with Gasteiger partial charge in [-0.1, -0.05) is 42.5 Å². The maximum atomic E-state index is 12.8. The molecular weight excluding hydrogens is 338 g/mol. The first kappa shape index (κ1) is 19.6. The first-order valence-electron chi connectivity index (χ1n) is 8.07. The van der Waals surface area contributed by atoms with E-state index < -0.39 is 28.7 Å². The van der Waals surface area contributed by atoms with Crippen molar-refractivity contribution in [3.05, 3.63) is 75.8 Å². The van der Waals surface area contributed by atoms with Crippen molar-refractivity contribution >= 4 is 11.7 Å². The molecule has 0 saturated carbocycles. The molecule has 0 aromatic heterocycles. The third kappa shape index (κ3) is 3.58. The van der Waals surface area contributed by atoms with Crippen LogP contribution in [0.25, 0.3) is 0 Å². The molecule has 0 spiro atoms. The van der Waals surface area contributed by atoms with Crippen LogP contribution >= 0.6 is 0 Å². The first-order valence-corrected chi connectivity index (χ1v) is 8.07. The molecule has 2 aromatic rings. The predicted octanol–water partition coefficient (Wildman–Crippen LogP) is 3.12. The molecule has 0 fully saturated rings. The first-order chi connectivity index (χ1) is 12.3. The number of rotatable bonds is 7. The Kier molecular flexibility index (Phi) is 6.07. The Morgan fingerprint density at radius 2 is 1.69 bits per heavy atom. The zero-order valence-electron chi connectivity index (χ0n) is 14.8. The average molecular weight is 359 g/mol. The molecule has 0 unspecified atom stereocenters. The number of carbonyl (C=O) groups excluding carboxylic acids is 1. The summed E-state index contributed by atoms with van der Waals surface area (Å²) in [5.41, 5.74) is -1.95. The summed E-state index contributed by atoms with van der Waals surface area (Å²) in [6, 6.07) is 14.0. The second-order valence-electron chi connectivity index (χ2n) is 5.98. The molecule has 0 bridgehead atoms. The van der Waals surface area contributed by atoms with E-state index in [1.165, 1.54) is 25.3 Å². The summed E-state index contributed by atoms with van der Waals surface area (Å²) in [5.74, 6) is -0.844. The zero-order valence-corrected chi connectivity index (χ0v) is 14.8. The highest BCUT2D eigenvalue weighted by Crippen LogP contribution is 2.43. The molecule has 2 aromatic carbocycles. The summed E-state index contributed by atoms with van der Waals surface area (Å²) < 4.78 is 10.8. The van der Waals surface area contributed by atoms with Crippen LogP contribution in [0.4, 0.5) is 5.69 Å². The van der Waals surface area contributed by atoms with Gasteiger partial charge in [0.1, 0.15) is 6.10 Å². The lowest BCUT2D eigenvalue weighted by Crippen LogP contribution is -2.47. The van der Waals surface area contributed by atoms with Crippen LogP contribution in [-0.2, 0) is 19.9 Å². The maximum absolute atomic E-state index is 12.8. The van der Waals surface area contributed by atoms with E-state index in [0.717, 1.165) is 0 Å². The molecule has 26 heavy (non-hydrogen) atoms. The standard InChI is InChI=1S/C19H21NO6/c1-13(2)26-19(18(22)25-3,14-9-5-4-6-10-14)17(21)15-11-7-8-12-16(15)20(23)24/h4-13,17,21H,1-3H3/t17-,19+/m1/s1. The Morgan fingerprint density at radius 1 is 1.12 bits per heavy atom. The number of nitro benzene ring substituents is 1. The van der Waals surface area contributed by atoms with Crippen molar-refractivity contribution in [2.45, 2.75) is 31.7 Å². The molecular formula is C19H21NO6. The van der Waals surface area contributed by atoms with E-state index in [4.69, 9.17) is 9.47 Å². The van der Waals surface area contributed by atoms with Gasteiger partial charge in [0.15, 0.2) is 0 Å². The number of hydrogen-bond acceptors (Lipinski definition) is 6. The summed E-state index contributed by atoms with van der Waals surface area (Å²) in [6.45, 7) is 3.40. The molecule has 138 valence electrons. The van der Waals surface area contributed by atoms with Crippen molar-refractivity contribution in [3.63, 3.8) is 0 Å². The molecule has 0 aliphatic rings. The molecule has 7 nitrogen and oxygen atoms in total. The van der Waals surface area contributed by atoms with Crippen molar-refractivity contribution in [2.24, 2.45) is 0 Å². The molecule has 2 rings (SSSR count). The van der Waals surface area contributed by atoms with E-state index in [-0.39, 0.29) is 11.3 Å². The van der Waals surface area contributed by atoms with Gasteiger partial charge in [-0.05, 0) is 25.5 Å². The minimum Gasteiger partial charge on any atom is -0.467 e. The molecule has 1 N–H and O–H groups in total. The quantitative estimate of drug-likeness (QED) is 0.463. The molecule has 7 heteroatoms. The lowest BCUT2D eigenvalue weighted by molar-refractivity contribution is -0.386. The van der Waals surface area contributed by atoms with Gasteiger partial charge in [-0.3, -0.25) is 10.1 Å². The van der Waals surface area contributed by atoms with Gasteiger partial charge in [-0.25, -0.2) is 4.79 Å². The van der Waals surface area contributed by atoms with Gasteiger partial charge in [0.25, 0.3) is 5.69 Å². The number of methoxy groups -OCH3 is 1. The van der Waals surface area contributed by atoms with Crippen molar-refractivity contribution < 1.29 is 24.3 Å². The van der Waals surface area contributed by atoms with Crippen molar-refractivity contribution in [2.75, 3.05) is 7.11 Å². The van der Waals surface area contributed by atoms with Crippen molar-refractivity contribution in [1.82, 2.24) is 0 Å². The highest BCUT2D eigenvalue weighted by Gasteiger charge is 2.52. The van der Waals surface area contributed by atoms with Crippen LogP contribution in [0.1, 0.15) is 31.1 Å². The molecule has 0 aliphatic heterocycles. The summed E-state index contributed by atoms with van der Waals surface area (Å²) >= 11 is 0. The molecule has 2 atom stereocenters. The van der Waals surface area contributed by atoms with Crippen LogP contribution in [0.2, 0.25) is 0 Å². The number of ether oxygens (including phenoxy) is 2. The summed E-state index contributed by atoms with van der Waals surface area (Å²) in [6.07, 6.45) is -2.12. The fourth-order valence-electron chi connectivity index (χ4n) is 2.88.